The Balaban J connectivity index is 1.39. The van der Waals surface area contributed by atoms with Crippen molar-refractivity contribution < 1.29 is 4.79 Å². The largest absolute Gasteiger partial charge is 0.340 e. The predicted molar refractivity (Wildman–Crippen MR) is 118 cm³/mol. The number of benzene rings is 1. The highest BCUT2D eigenvalue weighted by Gasteiger charge is 2.27. The summed E-state index contributed by atoms with van der Waals surface area (Å²) in [7, 11) is 2.99. The molecule has 1 fully saturated rings. The van der Waals surface area contributed by atoms with Gasteiger partial charge in [-0.3, -0.25) is 18.7 Å². The summed E-state index contributed by atoms with van der Waals surface area (Å²) in [5.74, 6) is 0.143. The summed E-state index contributed by atoms with van der Waals surface area (Å²) in [6.45, 7) is 1.31. The number of piperidine rings is 1. The van der Waals surface area contributed by atoms with Crippen LogP contribution in [-0.4, -0.2) is 47.6 Å². The molecule has 0 saturated carbocycles. The van der Waals surface area contributed by atoms with Crippen molar-refractivity contribution in [1.82, 2.24) is 28.6 Å². The van der Waals surface area contributed by atoms with Gasteiger partial charge in [-0.1, -0.05) is 12.1 Å². The first-order valence-electron chi connectivity index (χ1n) is 10.2. The van der Waals surface area contributed by atoms with E-state index in [1.807, 2.05) is 23.1 Å². The summed E-state index contributed by atoms with van der Waals surface area (Å²) in [6, 6.07) is 8.08. The molecule has 1 aromatic carbocycles. The Morgan fingerprint density at radius 3 is 2.81 bits per heavy atom. The number of imidazole rings is 1. The molecule has 1 aliphatic heterocycles. The molecule has 0 spiro atoms. The molecule has 1 aliphatic rings. The van der Waals surface area contributed by atoms with Gasteiger partial charge in [0, 0.05) is 33.1 Å². The standard InChI is InChI=1S/C21H22N6O3S/c1-24-18-17(20(29)25(2)21(24)30)27(12-22-18)11-16(28)26-9-5-6-13(10-26)19-23-14-7-3-4-8-15(14)31-19/h3-4,7-8,12-13H,5-6,9-11H2,1-2H3/t13-/m0/s1. The van der Waals surface area contributed by atoms with E-state index in [1.54, 1.807) is 23.0 Å². The molecule has 10 heteroatoms. The number of thiazole rings is 1. The van der Waals surface area contributed by atoms with Gasteiger partial charge in [0.15, 0.2) is 11.2 Å². The number of aryl methyl sites for hydroxylation is 1. The lowest BCUT2D eigenvalue weighted by Gasteiger charge is -2.32. The normalized spacial score (nSPS) is 17.0. The first-order valence-corrected chi connectivity index (χ1v) is 11.0. The van der Waals surface area contributed by atoms with E-state index in [9.17, 15) is 14.4 Å². The molecule has 5 rings (SSSR count). The molecule has 1 atom stereocenters. The lowest BCUT2D eigenvalue weighted by Crippen LogP contribution is -2.41. The summed E-state index contributed by atoms with van der Waals surface area (Å²) in [6.07, 6.45) is 3.37. The van der Waals surface area contributed by atoms with Gasteiger partial charge in [0.25, 0.3) is 5.56 Å². The van der Waals surface area contributed by atoms with Crippen molar-refractivity contribution in [3.8, 4) is 0 Å². The average molecular weight is 439 g/mol. The minimum atomic E-state index is -0.450. The Labute approximate surface area is 181 Å². The van der Waals surface area contributed by atoms with Crippen LogP contribution in [-0.2, 0) is 25.4 Å². The number of carbonyl (C=O) groups is 1. The van der Waals surface area contributed by atoms with Crippen molar-refractivity contribution in [1.29, 1.82) is 0 Å². The second kappa shape index (κ2) is 7.45. The number of amides is 1. The number of likely N-dealkylation sites (tertiary alicyclic amines) is 1. The van der Waals surface area contributed by atoms with Crippen LogP contribution in [0, 0.1) is 0 Å². The number of hydrogen-bond acceptors (Lipinski definition) is 6. The van der Waals surface area contributed by atoms with Crippen LogP contribution in [0.15, 0.2) is 40.2 Å². The van der Waals surface area contributed by atoms with Crippen LogP contribution in [0.5, 0.6) is 0 Å². The van der Waals surface area contributed by atoms with Crippen LogP contribution in [0.2, 0.25) is 0 Å². The fourth-order valence-electron chi connectivity index (χ4n) is 4.23. The minimum absolute atomic E-state index is 0.0104. The summed E-state index contributed by atoms with van der Waals surface area (Å²) < 4.78 is 5.06. The Kier molecular flexibility index (Phi) is 4.73. The number of nitrogens with zero attached hydrogens (tertiary/aromatic N) is 6. The SMILES string of the molecule is Cn1c(=O)c2c(ncn2CC(=O)N2CCC[C@H](c3nc4ccccc4s3)C2)n(C)c1=O. The first kappa shape index (κ1) is 19.7. The molecule has 4 heterocycles. The molecule has 0 unspecified atom stereocenters. The Morgan fingerprint density at radius 1 is 1.19 bits per heavy atom. The lowest BCUT2D eigenvalue weighted by molar-refractivity contribution is -0.133. The summed E-state index contributed by atoms with van der Waals surface area (Å²) >= 11 is 1.69. The molecule has 4 aromatic rings. The van der Waals surface area contributed by atoms with E-state index in [0.717, 1.165) is 32.6 Å². The van der Waals surface area contributed by atoms with Crippen LogP contribution >= 0.6 is 11.3 Å². The van der Waals surface area contributed by atoms with Crippen molar-refractivity contribution in [2.75, 3.05) is 13.1 Å². The van der Waals surface area contributed by atoms with Gasteiger partial charge in [-0.05, 0) is 25.0 Å². The van der Waals surface area contributed by atoms with E-state index in [-0.39, 0.29) is 29.5 Å². The zero-order valence-corrected chi connectivity index (χ0v) is 18.1. The van der Waals surface area contributed by atoms with Crippen LogP contribution in [0.25, 0.3) is 21.4 Å². The Hall–Kier alpha value is -3.27. The van der Waals surface area contributed by atoms with Crippen molar-refractivity contribution in [3.63, 3.8) is 0 Å². The average Bonchev–Trinajstić information content (AvgIpc) is 3.41. The molecule has 1 saturated heterocycles. The van der Waals surface area contributed by atoms with Gasteiger partial charge in [0.05, 0.1) is 21.6 Å². The third-order valence-corrected chi connectivity index (χ3v) is 7.16. The molecule has 0 aliphatic carbocycles. The number of para-hydroxylation sites is 1. The molecule has 3 aromatic heterocycles. The maximum atomic E-state index is 13.1. The van der Waals surface area contributed by atoms with Gasteiger partial charge in [0.2, 0.25) is 5.91 Å². The van der Waals surface area contributed by atoms with Gasteiger partial charge < -0.3 is 9.47 Å². The fraction of sp³-hybridized carbons (Fsp3) is 0.381. The van der Waals surface area contributed by atoms with Crippen molar-refractivity contribution in [3.05, 3.63) is 56.4 Å². The minimum Gasteiger partial charge on any atom is -0.340 e. The highest BCUT2D eigenvalue weighted by molar-refractivity contribution is 7.18. The van der Waals surface area contributed by atoms with Gasteiger partial charge in [-0.25, -0.2) is 14.8 Å². The molecular weight excluding hydrogens is 416 g/mol. The third kappa shape index (κ3) is 3.27. The van der Waals surface area contributed by atoms with Crippen molar-refractivity contribution in [2.24, 2.45) is 14.1 Å². The number of aromatic nitrogens is 5. The van der Waals surface area contributed by atoms with E-state index in [2.05, 4.69) is 11.1 Å². The zero-order chi connectivity index (χ0) is 21.7. The van der Waals surface area contributed by atoms with Crippen molar-refractivity contribution in [2.45, 2.75) is 25.3 Å². The van der Waals surface area contributed by atoms with Crippen LogP contribution in [0.1, 0.15) is 23.8 Å². The monoisotopic (exact) mass is 438 g/mol. The molecule has 9 nitrogen and oxygen atoms in total. The van der Waals surface area contributed by atoms with Gasteiger partial charge in [0.1, 0.15) is 6.54 Å². The molecule has 31 heavy (non-hydrogen) atoms. The zero-order valence-electron chi connectivity index (χ0n) is 17.3. The maximum absolute atomic E-state index is 13.1. The summed E-state index contributed by atoms with van der Waals surface area (Å²) in [5.41, 5.74) is 0.653. The maximum Gasteiger partial charge on any atom is 0.332 e. The van der Waals surface area contributed by atoms with Crippen LogP contribution in [0.3, 0.4) is 0 Å². The molecular formula is C21H22N6O3S. The highest BCUT2D eigenvalue weighted by atomic mass is 32.1. The number of rotatable bonds is 3. The second-order valence-corrected chi connectivity index (χ2v) is 9.01. The summed E-state index contributed by atoms with van der Waals surface area (Å²) in [4.78, 5) is 48.6. The quantitative estimate of drug-likeness (QED) is 0.483. The Morgan fingerprint density at radius 2 is 2.00 bits per heavy atom. The van der Waals surface area contributed by atoms with E-state index in [1.165, 1.54) is 17.9 Å². The smallest absolute Gasteiger partial charge is 0.332 e. The van der Waals surface area contributed by atoms with E-state index >= 15 is 0 Å². The van der Waals surface area contributed by atoms with Crippen molar-refractivity contribution >= 4 is 38.6 Å². The van der Waals surface area contributed by atoms with E-state index < -0.39 is 11.2 Å². The predicted octanol–water partition coefficient (Wildman–Crippen LogP) is 1.45. The first-order chi connectivity index (χ1) is 14.9. The molecule has 160 valence electrons. The van der Waals surface area contributed by atoms with Gasteiger partial charge in [-0.2, -0.15) is 0 Å². The molecule has 0 bridgehead atoms. The molecule has 1 amide bonds. The third-order valence-electron chi connectivity index (χ3n) is 5.96. The van der Waals surface area contributed by atoms with Crippen LogP contribution in [0.4, 0.5) is 0 Å². The summed E-state index contributed by atoms with van der Waals surface area (Å²) in [5, 5.41) is 1.07. The Bertz CT molecular complexity index is 1400. The van der Waals surface area contributed by atoms with E-state index in [0.29, 0.717) is 13.1 Å². The molecule has 0 N–H and O–H groups in total. The number of hydrogen-bond donors (Lipinski definition) is 0. The lowest BCUT2D eigenvalue weighted by atomic mass is 9.98. The number of fused-ring (bicyclic) bond motifs is 2. The topological polar surface area (TPSA) is 95.0 Å². The van der Waals surface area contributed by atoms with E-state index in [4.69, 9.17) is 4.98 Å². The highest BCUT2D eigenvalue weighted by Crippen LogP contribution is 2.33. The number of carbonyl (C=O) groups excluding carboxylic acids is 1. The fourth-order valence-corrected chi connectivity index (χ4v) is 5.33. The second-order valence-electron chi connectivity index (χ2n) is 7.95. The molecule has 0 radical (unpaired) electrons. The van der Waals surface area contributed by atoms with Gasteiger partial charge >= 0.3 is 5.69 Å². The van der Waals surface area contributed by atoms with Crippen LogP contribution < -0.4 is 11.2 Å². The van der Waals surface area contributed by atoms with Gasteiger partial charge in [-0.15, -0.1) is 11.3 Å².